The van der Waals surface area contributed by atoms with E-state index in [0.29, 0.717) is 23.4 Å². The predicted molar refractivity (Wildman–Crippen MR) is 107 cm³/mol. The van der Waals surface area contributed by atoms with Crippen molar-refractivity contribution in [2.45, 2.75) is 32.2 Å². The summed E-state index contributed by atoms with van der Waals surface area (Å²) in [7, 11) is 0. The molecule has 0 aliphatic carbocycles. The average Bonchev–Trinajstić information content (AvgIpc) is 2.72. The lowest BCUT2D eigenvalue weighted by molar-refractivity contribution is -0.137. The fraction of sp³-hybridized carbons (Fsp3) is 0.250. The minimum absolute atomic E-state index is 0.148. The second kappa shape index (κ2) is 9.34. The lowest BCUT2D eigenvalue weighted by atomic mass is 10.1. The fourth-order valence-corrected chi connectivity index (χ4v) is 2.88. The van der Waals surface area contributed by atoms with Crippen molar-refractivity contribution in [1.82, 2.24) is 5.01 Å². The maximum atomic E-state index is 12.7. The zero-order chi connectivity index (χ0) is 23.5. The Morgan fingerprint density at radius 1 is 1.23 bits per heavy atom. The Balaban J connectivity index is 2.26. The Morgan fingerprint density at radius 2 is 1.81 bits per heavy atom. The van der Waals surface area contributed by atoms with Crippen LogP contribution in [0, 0.1) is 18.3 Å². The van der Waals surface area contributed by atoms with Gasteiger partial charge in [0.15, 0.2) is 0 Å². The van der Waals surface area contributed by atoms with Crippen molar-refractivity contribution in [3.8, 4) is 6.07 Å². The van der Waals surface area contributed by atoms with Gasteiger partial charge < -0.3 is 10.4 Å². The number of rotatable bonds is 5. The number of aliphatic hydroxyl groups excluding tert-OH is 1. The molecule has 2 rings (SSSR count). The van der Waals surface area contributed by atoms with Crippen LogP contribution in [0.3, 0.4) is 0 Å². The number of anilines is 1. The van der Waals surface area contributed by atoms with E-state index in [1.165, 1.54) is 19.1 Å². The van der Waals surface area contributed by atoms with E-state index in [2.05, 4.69) is 5.32 Å². The molecule has 0 saturated heterocycles. The lowest BCUT2D eigenvalue weighted by Crippen LogP contribution is -2.53. The van der Waals surface area contributed by atoms with E-state index in [9.17, 15) is 27.9 Å². The van der Waals surface area contributed by atoms with Crippen LogP contribution in [0.25, 0.3) is 0 Å². The molecule has 11 heteroatoms. The van der Waals surface area contributed by atoms with Crippen LogP contribution in [0.2, 0.25) is 5.02 Å². The molecule has 164 valence electrons. The first-order chi connectivity index (χ1) is 14.4. The molecule has 0 saturated carbocycles. The van der Waals surface area contributed by atoms with Crippen molar-refractivity contribution in [3.05, 3.63) is 63.7 Å². The molecule has 0 aromatic heterocycles. The lowest BCUT2D eigenvalue weighted by Gasteiger charge is -2.26. The summed E-state index contributed by atoms with van der Waals surface area (Å²) in [4.78, 5) is 25.2. The molecule has 0 spiro atoms. The molecule has 0 radical (unpaired) electrons. The van der Waals surface area contributed by atoms with Crippen LogP contribution in [0.1, 0.15) is 34.0 Å². The standard InChI is InChI=1S/C20H18ClF3N4O3/c1-10-15(8-5-13(9-25)16(10)21)27-17(11(2)29)19(31)28(26)18(30)12-3-6-14(7-4-12)20(22,23)24/h3-8,11,17,27,29H,26H2,1-2H3. The number of carbonyl (C=O) groups is 2. The van der Waals surface area contributed by atoms with Gasteiger partial charge in [-0.15, -0.1) is 0 Å². The zero-order valence-electron chi connectivity index (χ0n) is 16.4. The molecule has 0 aliphatic rings. The molecule has 0 bridgehead atoms. The van der Waals surface area contributed by atoms with Gasteiger partial charge in [-0.3, -0.25) is 9.59 Å². The number of nitriles is 1. The van der Waals surface area contributed by atoms with Crippen molar-refractivity contribution < 1.29 is 27.9 Å². The molecular weight excluding hydrogens is 437 g/mol. The van der Waals surface area contributed by atoms with Gasteiger partial charge in [0.25, 0.3) is 11.8 Å². The summed E-state index contributed by atoms with van der Waals surface area (Å²) in [6, 6.07) is 6.59. The van der Waals surface area contributed by atoms with Crippen molar-refractivity contribution in [2.24, 2.45) is 5.84 Å². The Bertz CT molecular complexity index is 1030. The number of carbonyl (C=O) groups excluding carboxylic acids is 2. The molecular formula is C20H18ClF3N4O3. The first-order valence-corrected chi connectivity index (χ1v) is 9.20. The smallest absolute Gasteiger partial charge is 0.391 e. The Morgan fingerprint density at radius 3 is 2.29 bits per heavy atom. The van der Waals surface area contributed by atoms with Crippen LogP contribution < -0.4 is 11.2 Å². The summed E-state index contributed by atoms with van der Waals surface area (Å²) >= 11 is 6.10. The van der Waals surface area contributed by atoms with Gasteiger partial charge in [0.2, 0.25) is 0 Å². The highest BCUT2D eigenvalue weighted by Gasteiger charge is 2.33. The summed E-state index contributed by atoms with van der Waals surface area (Å²) in [5.74, 6) is 3.53. The van der Waals surface area contributed by atoms with E-state index < -0.39 is 35.7 Å². The highest BCUT2D eigenvalue weighted by molar-refractivity contribution is 6.32. The van der Waals surface area contributed by atoms with Crippen LogP contribution in [0.4, 0.5) is 18.9 Å². The molecule has 0 heterocycles. The highest BCUT2D eigenvalue weighted by atomic mass is 35.5. The third-order valence-electron chi connectivity index (χ3n) is 4.48. The number of halogens is 4. The van der Waals surface area contributed by atoms with Crippen molar-refractivity contribution in [1.29, 1.82) is 5.26 Å². The van der Waals surface area contributed by atoms with Gasteiger partial charge in [0, 0.05) is 11.3 Å². The van der Waals surface area contributed by atoms with E-state index in [0.717, 1.165) is 12.1 Å². The highest BCUT2D eigenvalue weighted by Crippen LogP contribution is 2.30. The van der Waals surface area contributed by atoms with Crippen LogP contribution in [0.5, 0.6) is 0 Å². The molecule has 7 nitrogen and oxygen atoms in total. The SMILES string of the molecule is Cc1c(NC(C(=O)N(N)C(=O)c2ccc(C(F)(F)F)cc2)C(C)O)ccc(C#N)c1Cl. The number of hydrogen-bond acceptors (Lipinski definition) is 6. The topological polar surface area (TPSA) is 119 Å². The van der Waals surface area contributed by atoms with Gasteiger partial charge in [-0.1, -0.05) is 11.6 Å². The summed E-state index contributed by atoms with van der Waals surface area (Å²) in [6.45, 7) is 2.87. The minimum atomic E-state index is -4.58. The molecule has 2 aromatic carbocycles. The fourth-order valence-electron chi connectivity index (χ4n) is 2.67. The Kier molecular flexibility index (Phi) is 7.28. The summed E-state index contributed by atoms with van der Waals surface area (Å²) < 4.78 is 38.0. The molecule has 31 heavy (non-hydrogen) atoms. The first kappa shape index (κ1) is 24.1. The van der Waals surface area contributed by atoms with Crippen LogP contribution in [0.15, 0.2) is 36.4 Å². The number of nitrogens with zero attached hydrogens (tertiary/aromatic N) is 2. The molecule has 0 fully saturated rings. The van der Waals surface area contributed by atoms with Crippen LogP contribution >= 0.6 is 11.6 Å². The second-order valence-electron chi connectivity index (χ2n) is 6.66. The molecule has 2 unspecified atom stereocenters. The molecule has 2 atom stereocenters. The van der Waals surface area contributed by atoms with Crippen molar-refractivity contribution in [3.63, 3.8) is 0 Å². The summed E-state index contributed by atoms with van der Waals surface area (Å²) in [6.07, 6.45) is -5.89. The van der Waals surface area contributed by atoms with Crippen molar-refractivity contribution in [2.75, 3.05) is 5.32 Å². The van der Waals surface area contributed by atoms with Gasteiger partial charge in [0.1, 0.15) is 12.1 Å². The molecule has 2 aromatic rings. The number of aliphatic hydroxyl groups is 1. The minimum Gasteiger partial charge on any atom is -0.391 e. The predicted octanol–water partition coefficient (Wildman–Crippen LogP) is 3.24. The third-order valence-corrected chi connectivity index (χ3v) is 4.97. The van der Waals surface area contributed by atoms with Crippen LogP contribution in [-0.4, -0.2) is 34.1 Å². The average molecular weight is 455 g/mol. The monoisotopic (exact) mass is 454 g/mol. The van der Waals surface area contributed by atoms with Crippen LogP contribution in [-0.2, 0) is 11.0 Å². The van der Waals surface area contributed by atoms with E-state index in [1.807, 2.05) is 6.07 Å². The number of hydrazine groups is 1. The van der Waals surface area contributed by atoms with E-state index in [4.69, 9.17) is 22.7 Å². The van der Waals surface area contributed by atoms with Gasteiger partial charge in [-0.25, -0.2) is 10.9 Å². The molecule has 2 amide bonds. The number of amides is 2. The Hall–Kier alpha value is -3.13. The van der Waals surface area contributed by atoms with Gasteiger partial charge >= 0.3 is 6.18 Å². The number of alkyl halides is 3. The number of hydrogen-bond donors (Lipinski definition) is 3. The molecule has 4 N–H and O–H groups in total. The van der Waals surface area contributed by atoms with Gasteiger partial charge in [0.05, 0.1) is 22.3 Å². The quantitative estimate of drug-likeness (QED) is 0.362. The number of nitrogens with two attached hydrogens (primary N) is 1. The molecule has 0 aliphatic heterocycles. The number of benzene rings is 2. The van der Waals surface area contributed by atoms with E-state index in [1.54, 1.807) is 6.92 Å². The maximum Gasteiger partial charge on any atom is 0.416 e. The second-order valence-corrected chi connectivity index (χ2v) is 7.04. The summed E-state index contributed by atoms with van der Waals surface area (Å²) in [5, 5.41) is 22.2. The number of imide groups is 1. The first-order valence-electron chi connectivity index (χ1n) is 8.82. The third kappa shape index (κ3) is 5.32. The Labute approximate surface area is 180 Å². The van der Waals surface area contributed by atoms with E-state index >= 15 is 0 Å². The largest absolute Gasteiger partial charge is 0.416 e. The normalized spacial score (nSPS) is 13.1. The zero-order valence-corrected chi connectivity index (χ0v) is 17.1. The van der Waals surface area contributed by atoms with Crippen molar-refractivity contribution >= 4 is 29.1 Å². The van der Waals surface area contributed by atoms with E-state index in [-0.39, 0.29) is 21.2 Å². The van der Waals surface area contributed by atoms with Gasteiger partial charge in [-0.2, -0.15) is 18.4 Å². The maximum absolute atomic E-state index is 12.7. The number of nitrogens with one attached hydrogen (secondary N) is 1. The summed E-state index contributed by atoms with van der Waals surface area (Å²) in [5.41, 5.74) is -0.251. The van der Waals surface area contributed by atoms with Gasteiger partial charge in [-0.05, 0) is 55.8 Å².